The summed E-state index contributed by atoms with van der Waals surface area (Å²) < 4.78 is 4.70. The SMILES string of the molecule is COC(=O)c1scc(C)c1NC(=O)c1cnc(C)cc1Cl. The number of nitrogens with one attached hydrogen (secondary N) is 1. The summed E-state index contributed by atoms with van der Waals surface area (Å²) in [6.45, 7) is 3.58. The van der Waals surface area contributed by atoms with Gasteiger partial charge in [-0.15, -0.1) is 11.3 Å². The molecule has 7 heteroatoms. The number of thiophene rings is 1. The topological polar surface area (TPSA) is 68.3 Å². The van der Waals surface area contributed by atoms with Crippen LogP contribution in [-0.2, 0) is 4.74 Å². The molecule has 0 radical (unpaired) electrons. The molecule has 110 valence electrons. The number of carbonyl (C=O) groups excluding carboxylic acids is 2. The highest BCUT2D eigenvalue weighted by Gasteiger charge is 2.20. The molecule has 0 aliphatic carbocycles. The normalized spacial score (nSPS) is 10.3. The van der Waals surface area contributed by atoms with Gasteiger partial charge in [-0.05, 0) is 30.9 Å². The second-order valence-corrected chi connectivity index (χ2v) is 5.66. The van der Waals surface area contributed by atoms with Crippen LogP contribution in [0.15, 0.2) is 17.6 Å². The number of hydrogen-bond acceptors (Lipinski definition) is 5. The Bertz CT molecular complexity index is 712. The van der Waals surface area contributed by atoms with Gasteiger partial charge in [0, 0.05) is 11.9 Å². The second kappa shape index (κ2) is 6.24. The van der Waals surface area contributed by atoms with Gasteiger partial charge >= 0.3 is 5.97 Å². The maximum atomic E-state index is 12.3. The highest BCUT2D eigenvalue weighted by atomic mass is 35.5. The summed E-state index contributed by atoms with van der Waals surface area (Å²) in [4.78, 5) is 28.4. The van der Waals surface area contributed by atoms with Crippen molar-refractivity contribution in [2.24, 2.45) is 0 Å². The van der Waals surface area contributed by atoms with E-state index in [0.717, 1.165) is 11.3 Å². The van der Waals surface area contributed by atoms with Crippen molar-refractivity contribution in [2.45, 2.75) is 13.8 Å². The molecule has 0 atom stereocenters. The lowest BCUT2D eigenvalue weighted by Gasteiger charge is -2.08. The predicted molar refractivity (Wildman–Crippen MR) is 82.3 cm³/mol. The van der Waals surface area contributed by atoms with E-state index < -0.39 is 11.9 Å². The summed E-state index contributed by atoms with van der Waals surface area (Å²) >= 11 is 7.26. The fourth-order valence-corrected chi connectivity index (χ4v) is 2.93. The molecular weight excluding hydrogens is 312 g/mol. The van der Waals surface area contributed by atoms with Crippen molar-refractivity contribution in [3.8, 4) is 0 Å². The van der Waals surface area contributed by atoms with Crippen LogP contribution >= 0.6 is 22.9 Å². The van der Waals surface area contributed by atoms with E-state index in [2.05, 4.69) is 10.3 Å². The molecule has 1 N–H and O–H groups in total. The molecule has 0 unspecified atom stereocenters. The van der Waals surface area contributed by atoms with Gasteiger partial charge in [0.05, 0.1) is 23.4 Å². The van der Waals surface area contributed by atoms with Crippen LogP contribution in [0.25, 0.3) is 0 Å². The Morgan fingerprint density at radius 1 is 1.38 bits per heavy atom. The van der Waals surface area contributed by atoms with E-state index in [4.69, 9.17) is 16.3 Å². The fraction of sp³-hybridized carbons (Fsp3) is 0.214. The number of nitrogens with zero attached hydrogens (tertiary/aromatic N) is 1. The lowest BCUT2D eigenvalue weighted by molar-refractivity contribution is 0.0607. The zero-order chi connectivity index (χ0) is 15.6. The molecular formula is C14H13ClN2O3S. The van der Waals surface area contributed by atoms with E-state index in [1.54, 1.807) is 25.3 Å². The van der Waals surface area contributed by atoms with E-state index in [0.29, 0.717) is 15.6 Å². The summed E-state index contributed by atoms with van der Waals surface area (Å²) in [6.07, 6.45) is 1.41. The number of aromatic nitrogens is 1. The van der Waals surface area contributed by atoms with Crippen molar-refractivity contribution in [2.75, 3.05) is 12.4 Å². The van der Waals surface area contributed by atoms with Crippen LogP contribution in [0, 0.1) is 13.8 Å². The molecule has 2 aromatic heterocycles. The van der Waals surface area contributed by atoms with Crippen molar-refractivity contribution in [1.82, 2.24) is 4.98 Å². The number of rotatable bonds is 3. The average Bonchev–Trinajstić information content (AvgIpc) is 2.79. The first kappa shape index (κ1) is 15.5. The molecule has 2 aromatic rings. The van der Waals surface area contributed by atoms with E-state index in [1.807, 2.05) is 0 Å². The van der Waals surface area contributed by atoms with Gasteiger partial charge in [-0.2, -0.15) is 0 Å². The van der Waals surface area contributed by atoms with Crippen LogP contribution in [0.5, 0.6) is 0 Å². The van der Waals surface area contributed by atoms with Crippen molar-refractivity contribution in [3.05, 3.63) is 44.4 Å². The van der Waals surface area contributed by atoms with Gasteiger partial charge in [0.1, 0.15) is 4.88 Å². The third-order valence-electron chi connectivity index (χ3n) is 2.82. The van der Waals surface area contributed by atoms with E-state index in [9.17, 15) is 9.59 Å². The minimum absolute atomic E-state index is 0.253. The second-order valence-electron chi connectivity index (χ2n) is 4.37. The van der Waals surface area contributed by atoms with Gasteiger partial charge in [-0.25, -0.2) is 4.79 Å². The predicted octanol–water partition coefficient (Wildman–Crippen LogP) is 3.45. The fourth-order valence-electron chi connectivity index (χ4n) is 1.72. The lowest BCUT2D eigenvalue weighted by atomic mass is 10.2. The number of carbonyl (C=O) groups is 2. The zero-order valence-corrected chi connectivity index (χ0v) is 13.3. The van der Waals surface area contributed by atoms with Gasteiger partial charge in [0.2, 0.25) is 0 Å². The number of ether oxygens (including phenoxy) is 1. The number of anilines is 1. The zero-order valence-electron chi connectivity index (χ0n) is 11.7. The molecule has 0 saturated heterocycles. The Hall–Kier alpha value is -1.92. The van der Waals surface area contributed by atoms with Gasteiger partial charge in [0.15, 0.2) is 0 Å². The van der Waals surface area contributed by atoms with Crippen LogP contribution in [-0.4, -0.2) is 24.0 Å². The molecule has 2 rings (SSSR count). The monoisotopic (exact) mass is 324 g/mol. The maximum Gasteiger partial charge on any atom is 0.350 e. The van der Waals surface area contributed by atoms with E-state index in [1.165, 1.54) is 24.6 Å². The quantitative estimate of drug-likeness (QED) is 0.878. The number of pyridine rings is 1. The molecule has 0 aliphatic heterocycles. The molecule has 1 amide bonds. The number of methoxy groups -OCH3 is 1. The highest BCUT2D eigenvalue weighted by Crippen LogP contribution is 2.29. The number of hydrogen-bond donors (Lipinski definition) is 1. The summed E-state index contributed by atoms with van der Waals surface area (Å²) in [5.74, 6) is -0.907. The van der Waals surface area contributed by atoms with Crippen LogP contribution in [0.3, 0.4) is 0 Å². The smallest absolute Gasteiger partial charge is 0.350 e. The first-order valence-corrected chi connectivity index (χ1v) is 7.29. The lowest BCUT2D eigenvalue weighted by Crippen LogP contribution is -2.15. The highest BCUT2D eigenvalue weighted by molar-refractivity contribution is 7.12. The third kappa shape index (κ3) is 3.22. The Morgan fingerprint density at radius 2 is 2.10 bits per heavy atom. The van der Waals surface area contributed by atoms with Crippen LogP contribution < -0.4 is 5.32 Å². The molecule has 0 fully saturated rings. The summed E-state index contributed by atoms with van der Waals surface area (Å²) in [7, 11) is 1.30. The van der Waals surface area contributed by atoms with Crippen molar-refractivity contribution in [3.63, 3.8) is 0 Å². The number of halogens is 1. The molecule has 2 heterocycles. The third-order valence-corrected chi connectivity index (χ3v) is 4.21. The Balaban J connectivity index is 2.32. The molecule has 21 heavy (non-hydrogen) atoms. The van der Waals surface area contributed by atoms with Gasteiger partial charge < -0.3 is 10.1 Å². The molecule has 0 aromatic carbocycles. The van der Waals surface area contributed by atoms with Gasteiger partial charge in [-0.3, -0.25) is 9.78 Å². The molecule has 0 aliphatic rings. The minimum atomic E-state index is -0.489. The summed E-state index contributed by atoms with van der Waals surface area (Å²) in [5, 5.41) is 4.78. The Kier molecular flexibility index (Phi) is 4.59. The van der Waals surface area contributed by atoms with Crippen LogP contribution in [0.4, 0.5) is 5.69 Å². The first-order valence-electron chi connectivity index (χ1n) is 6.04. The van der Waals surface area contributed by atoms with Crippen molar-refractivity contribution in [1.29, 1.82) is 0 Å². The Morgan fingerprint density at radius 3 is 2.71 bits per heavy atom. The van der Waals surface area contributed by atoms with Gasteiger partial charge in [-0.1, -0.05) is 11.6 Å². The van der Waals surface area contributed by atoms with E-state index >= 15 is 0 Å². The average molecular weight is 325 g/mol. The van der Waals surface area contributed by atoms with Crippen molar-refractivity contribution >= 4 is 40.5 Å². The molecule has 5 nitrogen and oxygen atoms in total. The molecule has 0 spiro atoms. The number of esters is 1. The number of aryl methyl sites for hydroxylation is 2. The largest absolute Gasteiger partial charge is 0.465 e. The summed E-state index contributed by atoms with van der Waals surface area (Å²) in [5.41, 5.74) is 2.20. The molecule has 0 bridgehead atoms. The number of amides is 1. The van der Waals surface area contributed by atoms with Crippen LogP contribution in [0.1, 0.15) is 31.3 Å². The van der Waals surface area contributed by atoms with Gasteiger partial charge in [0.25, 0.3) is 5.91 Å². The molecule has 0 saturated carbocycles. The first-order chi connectivity index (χ1) is 9.93. The van der Waals surface area contributed by atoms with Crippen LogP contribution in [0.2, 0.25) is 5.02 Å². The maximum absolute atomic E-state index is 12.3. The minimum Gasteiger partial charge on any atom is -0.465 e. The van der Waals surface area contributed by atoms with Crippen molar-refractivity contribution < 1.29 is 14.3 Å². The van der Waals surface area contributed by atoms with E-state index in [-0.39, 0.29) is 5.56 Å². The Labute approximate surface area is 130 Å². The standard InChI is InChI=1S/C14H13ClN2O3S/c1-7-6-21-12(14(19)20-3)11(7)17-13(18)9-5-16-8(2)4-10(9)15/h4-6H,1-3H3,(H,17,18). The summed E-state index contributed by atoms with van der Waals surface area (Å²) in [6, 6.07) is 1.61.